The number of carboxylic acid groups (broad SMARTS) is 1. The van der Waals surface area contributed by atoms with Gasteiger partial charge >= 0.3 is 12.0 Å². The Hall–Kier alpha value is -1.79. The van der Waals surface area contributed by atoms with Crippen molar-refractivity contribution in [3.8, 4) is 0 Å². The minimum atomic E-state index is -1.18. The van der Waals surface area contributed by atoms with Gasteiger partial charge in [-0.05, 0) is 26.7 Å². The van der Waals surface area contributed by atoms with Crippen molar-refractivity contribution in [2.75, 3.05) is 19.6 Å². The minimum Gasteiger partial charge on any atom is -0.480 e. The summed E-state index contributed by atoms with van der Waals surface area (Å²) in [4.78, 5) is 36.4. The van der Waals surface area contributed by atoms with Gasteiger partial charge in [0.1, 0.15) is 5.54 Å². The topological polar surface area (TPSA) is 98.7 Å². The number of hydrogen-bond acceptors (Lipinski definition) is 3. The van der Waals surface area contributed by atoms with Gasteiger partial charge in [0.2, 0.25) is 5.91 Å². The van der Waals surface area contributed by atoms with Gasteiger partial charge in [-0.1, -0.05) is 12.8 Å². The number of nitrogens with one attached hydrogen (secondary N) is 2. The second kappa shape index (κ2) is 7.12. The first-order valence-electron chi connectivity index (χ1n) is 7.02. The normalized spacial score (nSPS) is 16.5. The SMILES string of the molecule is CCN(CC)C(=O)CNC(=O)NC1(C(=O)O)CCCC1. The van der Waals surface area contributed by atoms with Crippen LogP contribution in [-0.2, 0) is 9.59 Å². The fourth-order valence-corrected chi connectivity index (χ4v) is 2.48. The summed E-state index contributed by atoms with van der Waals surface area (Å²) in [6, 6.07) is -0.602. The van der Waals surface area contributed by atoms with Gasteiger partial charge in [0.05, 0.1) is 6.54 Å². The number of amides is 3. The number of carboxylic acids is 1. The van der Waals surface area contributed by atoms with E-state index in [-0.39, 0.29) is 12.5 Å². The molecule has 7 nitrogen and oxygen atoms in total. The van der Waals surface area contributed by atoms with Crippen molar-refractivity contribution < 1.29 is 19.5 Å². The zero-order valence-corrected chi connectivity index (χ0v) is 12.1. The summed E-state index contributed by atoms with van der Waals surface area (Å²) in [5.74, 6) is -1.19. The summed E-state index contributed by atoms with van der Waals surface area (Å²) >= 11 is 0. The van der Waals surface area contributed by atoms with Gasteiger partial charge in [0, 0.05) is 13.1 Å². The van der Waals surface area contributed by atoms with Crippen LogP contribution in [0.2, 0.25) is 0 Å². The van der Waals surface area contributed by atoms with Crippen LogP contribution in [0, 0.1) is 0 Å². The van der Waals surface area contributed by atoms with Crippen molar-refractivity contribution in [1.29, 1.82) is 0 Å². The number of aliphatic carboxylic acids is 1. The largest absolute Gasteiger partial charge is 0.480 e. The van der Waals surface area contributed by atoms with E-state index in [1.165, 1.54) is 0 Å². The molecule has 0 saturated heterocycles. The van der Waals surface area contributed by atoms with E-state index in [0.29, 0.717) is 25.9 Å². The van der Waals surface area contributed by atoms with E-state index >= 15 is 0 Å². The summed E-state index contributed by atoms with van der Waals surface area (Å²) in [5, 5.41) is 14.2. The monoisotopic (exact) mass is 285 g/mol. The molecular weight excluding hydrogens is 262 g/mol. The number of carbonyl (C=O) groups excluding carboxylic acids is 2. The molecule has 3 N–H and O–H groups in total. The van der Waals surface area contributed by atoms with Gasteiger partial charge in [0.15, 0.2) is 0 Å². The molecule has 1 aliphatic carbocycles. The summed E-state index contributed by atoms with van der Waals surface area (Å²) in [7, 11) is 0. The van der Waals surface area contributed by atoms with Gasteiger partial charge in [-0.3, -0.25) is 4.79 Å². The van der Waals surface area contributed by atoms with Crippen LogP contribution in [0.25, 0.3) is 0 Å². The van der Waals surface area contributed by atoms with Crippen molar-refractivity contribution in [3.05, 3.63) is 0 Å². The smallest absolute Gasteiger partial charge is 0.329 e. The number of hydrogen-bond donors (Lipinski definition) is 3. The molecule has 3 amide bonds. The molecule has 114 valence electrons. The first-order chi connectivity index (χ1) is 9.45. The fraction of sp³-hybridized carbons (Fsp3) is 0.769. The minimum absolute atomic E-state index is 0.122. The molecule has 0 unspecified atom stereocenters. The Kier molecular flexibility index (Phi) is 5.79. The molecule has 7 heteroatoms. The van der Waals surface area contributed by atoms with Crippen LogP contribution >= 0.6 is 0 Å². The van der Waals surface area contributed by atoms with Crippen molar-refractivity contribution in [1.82, 2.24) is 15.5 Å². The number of urea groups is 1. The lowest BCUT2D eigenvalue weighted by Gasteiger charge is -2.25. The molecule has 1 saturated carbocycles. The third-order valence-electron chi connectivity index (χ3n) is 3.74. The highest BCUT2D eigenvalue weighted by atomic mass is 16.4. The van der Waals surface area contributed by atoms with Gasteiger partial charge in [-0.15, -0.1) is 0 Å². The molecule has 1 fully saturated rings. The zero-order valence-electron chi connectivity index (χ0n) is 12.1. The molecule has 0 spiro atoms. The van der Waals surface area contributed by atoms with Crippen molar-refractivity contribution in [2.24, 2.45) is 0 Å². The molecule has 0 aromatic carbocycles. The summed E-state index contributed by atoms with van der Waals surface area (Å²) in [6.45, 7) is 4.76. The molecule has 0 aliphatic heterocycles. The predicted octanol–water partition coefficient (Wildman–Crippen LogP) is 0.551. The van der Waals surface area contributed by atoms with Crippen LogP contribution in [0.1, 0.15) is 39.5 Å². The number of likely N-dealkylation sites (N-methyl/N-ethyl adjacent to an activating group) is 1. The zero-order chi connectivity index (χ0) is 15.2. The van der Waals surface area contributed by atoms with Gasteiger partial charge in [0.25, 0.3) is 0 Å². The fourth-order valence-electron chi connectivity index (χ4n) is 2.48. The lowest BCUT2D eigenvalue weighted by Crippen LogP contribution is -2.56. The molecule has 0 atom stereocenters. The van der Waals surface area contributed by atoms with Crippen LogP contribution in [0.3, 0.4) is 0 Å². The Morgan fingerprint density at radius 1 is 1.15 bits per heavy atom. The average molecular weight is 285 g/mol. The maximum absolute atomic E-state index is 11.8. The van der Waals surface area contributed by atoms with Gasteiger partial charge in [-0.25, -0.2) is 9.59 Å². The summed E-state index contributed by atoms with van der Waals surface area (Å²) in [5.41, 5.74) is -1.18. The second-order valence-electron chi connectivity index (χ2n) is 4.97. The summed E-state index contributed by atoms with van der Waals surface area (Å²) < 4.78 is 0. The Morgan fingerprint density at radius 2 is 1.70 bits per heavy atom. The second-order valence-corrected chi connectivity index (χ2v) is 4.97. The Labute approximate surface area is 118 Å². The van der Waals surface area contributed by atoms with Crippen molar-refractivity contribution in [2.45, 2.75) is 45.1 Å². The first kappa shape index (κ1) is 16.3. The van der Waals surface area contributed by atoms with E-state index in [4.69, 9.17) is 0 Å². The maximum atomic E-state index is 11.8. The van der Waals surface area contributed by atoms with E-state index < -0.39 is 17.5 Å². The van der Waals surface area contributed by atoms with Crippen LogP contribution in [0.5, 0.6) is 0 Å². The molecule has 0 aromatic heterocycles. The van der Waals surface area contributed by atoms with Gasteiger partial charge in [-0.2, -0.15) is 0 Å². The van der Waals surface area contributed by atoms with Crippen molar-refractivity contribution in [3.63, 3.8) is 0 Å². The highest BCUT2D eigenvalue weighted by molar-refractivity contribution is 5.88. The molecular formula is C13H23N3O4. The molecule has 20 heavy (non-hydrogen) atoms. The molecule has 0 heterocycles. The van der Waals surface area contributed by atoms with E-state index in [9.17, 15) is 19.5 Å². The maximum Gasteiger partial charge on any atom is 0.329 e. The molecule has 0 radical (unpaired) electrons. The van der Waals surface area contributed by atoms with E-state index in [1.54, 1.807) is 4.90 Å². The predicted molar refractivity (Wildman–Crippen MR) is 73.3 cm³/mol. The number of nitrogens with zero attached hydrogens (tertiary/aromatic N) is 1. The lowest BCUT2D eigenvalue weighted by atomic mass is 9.98. The van der Waals surface area contributed by atoms with Gasteiger partial charge < -0.3 is 20.6 Å². The first-order valence-corrected chi connectivity index (χ1v) is 7.02. The van der Waals surface area contributed by atoms with Crippen LogP contribution in [0.4, 0.5) is 4.79 Å². The van der Waals surface area contributed by atoms with Crippen molar-refractivity contribution >= 4 is 17.9 Å². The molecule has 1 aliphatic rings. The molecule has 1 rings (SSSR count). The molecule has 0 aromatic rings. The van der Waals surface area contributed by atoms with E-state index in [2.05, 4.69) is 10.6 Å². The highest BCUT2D eigenvalue weighted by Gasteiger charge is 2.42. The summed E-state index contributed by atoms with van der Waals surface area (Å²) in [6.07, 6.45) is 2.43. The average Bonchev–Trinajstić information content (AvgIpc) is 2.87. The highest BCUT2D eigenvalue weighted by Crippen LogP contribution is 2.29. The lowest BCUT2D eigenvalue weighted by molar-refractivity contribution is -0.144. The van der Waals surface area contributed by atoms with Crippen LogP contribution in [-0.4, -0.2) is 53.1 Å². The third kappa shape index (κ3) is 3.85. The van der Waals surface area contributed by atoms with Crippen LogP contribution in [0.15, 0.2) is 0 Å². The van der Waals surface area contributed by atoms with Crippen LogP contribution < -0.4 is 10.6 Å². The molecule has 0 bridgehead atoms. The standard InChI is InChI=1S/C13H23N3O4/c1-3-16(4-2)10(17)9-14-12(20)15-13(11(18)19)7-5-6-8-13/h3-9H2,1-2H3,(H,18,19)(H2,14,15,20). The number of rotatable bonds is 6. The van der Waals surface area contributed by atoms with E-state index in [1.807, 2.05) is 13.8 Å². The Balaban J connectivity index is 2.47. The van der Waals surface area contributed by atoms with E-state index in [0.717, 1.165) is 12.8 Å². The Bertz CT molecular complexity index is 374. The quantitative estimate of drug-likeness (QED) is 0.663. The Morgan fingerprint density at radius 3 is 2.15 bits per heavy atom. The number of carbonyl (C=O) groups is 3. The third-order valence-corrected chi connectivity index (χ3v) is 3.74.